The van der Waals surface area contributed by atoms with Crippen LogP contribution in [0.3, 0.4) is 0 Å². The van der Waals surface area contributed by atoms with Crippen molar-refractivity contribution in [2.24, 2.45) is 0 Å². The van der Waals surface area contributed by atoms with Crippen LogP contribution >= 0.6 is 0 Å². The van der Waals surface area contributed by atoms with Crippen LogP contribution in [-0.2, 0) is 11.3 Å². The van der Waals surface area contributed by atoms with Crippen molar-refractivity contribution < 1.29 is 14.1 Å². The molecule has 180 valence electrons. The molecule has 0 unspecified atom stereocenters. The lowest BCUT2D eigenvalue weighted by Crippen LogP contribution is -2.50. The van der Waals surface area contributed by atoms with E-state index in [4.69, 9.17) is 9.26 Å². The molecule has 1 saturated heterocycles. The van der Waals surface area contributed by atoms with Crippen molar-refractivity contribution in [1.82, 2.24) is 24.8 Å². The molecule has 0 atom stereocenters. The van der Waals surface area contributed by atoms with E-state index in [0.29, 0.717) is 37.6 Å². The van der Waals surface area contributed by atoms with E-state index < -0.39 is 5.60 Å². The molecule has 0 N–H and O–H groups in total. The van der Waals surface area contributed by atoms with E-state index in [1.165, 1.54) is 4.68 Å². The Morgan fingerprint density at radius 2 is 1.85 bits per heavy atom. The zero-order valence-corrected chi connectivity index (χ0v) is 20.2. The van der Waals surface area contributed by atoms with Gasteiger partial charge in [0.2, 0.25) is 0 Å². The second kappa shape index (κ2) is 9.28. The summed E-state index contributed by atoms with van der Waals surface area (Å²) in [6, 6.07) is 5.41. The van der Waals surface area contributed by atoms with Crippen LogP contribution in [0.4, 0.5) is 10.5 Å². The third-order valence-corrected chi connectivity index (χ3v) is 5.63. The van der Waals surface area contributed by atoms with Gasteiger partial charge in [0.05, 0.1) is 18.4 Å². The molecule has 3 aromatic rings. The zero-order valence-electron chi connectivity index (χ0n) is 20.2. The second-order valence-corrected chi connectivity index (χ2v) is 9.42. The quantitative estimate of drug-likeness (QED) is 0.578. The number of nitrogens with zero attached hydrogens (tertiary/aromatic N) is 6. The number of ether oxygens (including phenoxy) is 1. The van der Waals surface area contributed by atoms with Crippen LogP contribution in [0.2, 0.25) is 0 Å². The number of carbonyl (C=O) groups excluding carboxylic acids is 1. The lowest BCUT2D eigenvalue weighted by Gasteiger charge is -2.36. The average Bonchev–Trinajstić information content (AvgIpc) is 3.14. The summed E-state index contributed by atoms with van der Waals surface area (Å²) in [5, 5.41) is 8.56. The van der Waals surface area contributed by atoms with Crippen molar-refractivity contribution >= 4 is 11.8 Å². The first-order valence-corrected chi connectivity index (χ1v) is 11.3. The largest absolute Gasteiger partial charge is 0.444 e. The van der Waals surface area contributed by atoms with Crippen molar-refractivity contribution in [1.29, 1.82) is 0 Å². The first-order chi connectivity index (χ1) is 16.1. The molecule has 10 heteroatoms. The van der Waals surface area contributed by atoms with Crippen molar-refractivity contribution in [3.8, 4) is 11.3 Å². The zero-order chi connectivity index (χ0) is 24.5. The number of carbonyl (C=O) groups is 1. The third kappa shape index (κ3) is 5.27. The molecular weight excluding hydrogens is 436 g/mol. The molecule has 0 saturated carbocycles. The van der Waals surface area contributed by atoms with Gasteiger partial charge in [-0.1, -0.05) is 5.16 Å². The van der Waals surface area contributed by atoms with Gasteiger partial charge in [0.1, 0.15) is 17.1 Å². The van der Waals surface area contributed by atoms with E-state index in [-0.39, 0.29) is 18.2 Å². The fraction of sp³-hybridized carbons (Fsp3) is 0.458. The number of hydrogen-bond acceptors (Lipinski definition) is 8. The van der Waals surface area contributed by atoms with E-state index in [1.54, 1.807) is 23.4 Å². The number of anilines is 1. The van der Waals surface area contributed by atoms with Crippen LogP contribution in [0.1, 0.15) is 37.8 Å². The van der Waals surface area contributed by atoms with Crippen LogP contribution in [0.15, 0.2) is 39.9 Å². The molecule has 4 heterocycles. The Balaban J connectivity index is 1.45. The smallest absolute Gasteiger partial charge is 0.410 e. The fourth-order valence-corrected chi connectivity index (χ4v) is 3.75. The van der Waals surface area contributed by atoms with Gasteiger partial charge in [-0.05, 0) is 46.8 Å². The Bertz CT molecular complexity index is 1220. The maximum atomic E-state index is 12.9. The van der Waals surface area contributed by atoms with Gasteiger partial charge in [-0.25, -0.2) is 9.48 Å². The van der Waals surface area contributed by atoms with Crippen LogP contribution in [0, 0.1) is 13.8 Å². The monoisotopic (exact) mass is 466 g/mol. The molecule has 1 aliphatic heterocycles. The maximum Gasteiger partial charge on any atom is 0.410 e. The Morgan fingerprint density at radius 1 is 1.12 bits per heavy atom. The van der Waals surface area contributed by atoms with Crippen molar-refractivity contribution in [2.45, 2.75) is 46.8 Å². The Hall–Kier alpha value is -3.69. The lowest BCUT2D eigenvalue weighted by atomic mass is 10.1. The molecule has 1 amide bonds. The Labute approximate surface area is 198 Å². The van der Waals surface area contributed by atoms with Gasteiger partial charge in [-0.15, -0.1) is 0 Å². The Kier molecular flexibility index (Phi) is 6.41. The molecule has 4 rings (SSSR count). The second-order valence-electron chi connectivity index (χ2n) is 9.42. The molecule has 0 spiro atoms. The van der Waals surface area contributed by atoms with Crippen molar-refractivity contribution in [2.75, 3.05) is 31.1 Å². The van der Waals surface area contributed by atoms with Crippen LogP contribution < -0.4 is 10.5 Å². The van der Waals surface area contributed by atoms with Crippen molar-refractivity contribution in [3.05, 3.63) is 58.0 Å². The maximum absolute atomic E-state index is 12.9. The number of rotatable bonds is 4. The van der Waals surface area contributed by atoms with E-state index >= 15 is 0 Å². The summed E-state index contributed by atoms with van der Waals surface area (Å²) < 4.78 is 12.2. The summed E-state index contributed by atoms with van der Waals surface area (Å²) in [5.74, 6) is 0.631. The van der Waals surface area contributed by atoms with E-state index in [1.807, 2.05) is 51.7 Å². The molecule has 1 aliphatic rings. The minimum absolute atomic E-state index is 0.222. The van der Waals surface area contributed by atoms with Crippen LogP contribution in [-0.4, -0.2) is 62.7 Å². The van der Waals surface area contributed by atoms with E-state index in [9.17, 15) is 9.59 Å². The van der Waals surface area contributed by atoms with Gasteiger partial charge in [-0.2, -0.15) is 5.10 Å². The lowest BCUT2D eigenvalue weighted by molar-refractivity contribution is 0.0240. The standard InChI is InChI=1S/C24H30N6O4/c1-16-6-7-18(13-25-16)22-20(17(2)34-27-22)15-30-21(31)12-19(14-26-30)28-8-10-29(11-9-28)23(32)33-24(3,4)5/h6-7,12-14H,8-11,15H2,1-5H3. The van der Waals surface area contributed by atoms with Crippen LogP contribution in [0.25, 0.3) is 11.3 Å². The molecule has 0 radical (unpaired) electrons. The molecule has 34 heavy (non-hydrogen) atoms. The highest BCUT2D eigenvalue weighted by Crippen LogP contribution is 2.25. The van der Waals surface area contributed by atoms with Gasteiger partial charge in [0.25, 0.3) is 5.56 Å². The summed E-state index contributed by atoms with van der Waals surface area (Å²) in [7, 11) is 0. The predicted molar refractivity (Wildman–Crippen MR) is 127 cm³/mol. The summed E-state index contributed by atoms with van der Waals surface area (Å²) in [5.41, 5.74) is 3.16. The highest BCUT2D eigenvalue weighted by atomic mass is 16.6. The number of aromatic nitrogens is 4. The first-order valence-electron chi connectivity index (χ1n) is 11.3. The van der Waals surface area contributed by atoms with Gasteiger partial charge in [0, 0.05) is 55.3 Å². The number of aryl methyl sites for hydroxylation is 2. The minimum atomic E-state index is -0.526. The summed E-state index contributed by atoms with van der Waals surface area (Å²) in [6.45, 7) is 11.8. The van der Waals surface area contributed by atoms with Gasteiger partial charge < -0.3 is 19.1 Å². The number of piperazine rings is 1. The summed E-state index contributed by atoms with van der Waals surface area (Å²) in [4.78, 5) is 33.2. The highest BCUT2D eigenvalue weighted by molar-refractivity contribution is 5.68. The molecule has 1 fully saturated rings. The highest BCUT2D eigenvalue weighted by Gasteiger charge is 2.26. The summed E-state index contributed by atoms with van der Waals surface area (Å²) in [6.07, 6.45) is 3.11. The minimum Gasteiger partial charge on any atom is -0.444 e. The van der Waals surface area contributed by atoms with Gasteiger partial charge in [0.15, 0.2) is 0 Å². The molecular formula is C24H30N6O4. The first kappa shape index (κ1) is 23.5. The summed E-state index contributed by atoms with van der Waals surface area (Å²) >= 11 is 0. The number of pyridine rings is 1. The molecule has 0 aromatic carbocycles. The van der Waals surface area contributed by atoms with Gasteiger partial charge in [-0.3, -0.25) is 9.78 Å². The number of amides is 1. The molecule has 0 bridgehead atoms. The average molecular weight is 467 g/mol. The number of hydrogen-bond donors (Lipinski definition) is 0. The molecule has 3 aromatic heterocycles. The van der Waals surface area contributed by atoms with E-state index in [2.05, 4.69) is 15.2 Å². The topological polar surface area (TPSA) is 107 Å². The predicted octanol–water partition coefficient (Wildman–Crippen LogP) is 3.02. The SMILES string of the molecule is Cc1ccc(-c2noc(C)c2Cn2ncc(N3CCN(C(=O)OC(C)(C)C)CC3)cc2=O)cn1. The molecule has 0 aliphatic carbocycles. The van der Waals surface area contributed by atoms with E-state index in [0.717, 1.165) is 22.5 Å². The van der Waals surface area contributed by atoms with Gasteiger partial charge >= 0.3 is 6.09 Å². The normalized spacial score (nSPS) is 14.4. The Morgan fingerprint density at radius 3 is 2.47 bits per heavy atom. The molecule has 10 nitrogen and oxygen atoms in total. The van der Waals surface area contributed by atoms with Crippen molar-refractivity contribution in [3.63, 3.8) is 0 Å². The third-order valence-electron chi connectivity index (χ3n) is 5.63. The van der Waals surface area contributed by atoms with Crippen LogP contribution in [0.5, 0.6) is 0 Å². The fourth-order valence-electron chi connectivity index (χ4n) is 3.75.